The number of phenols is 1. The molecule has 0 unspecified atom stereocenters. The lowest BCUT2D eigenvalue weighted by Crippen LogP contribution is -2.38. The molecule has 0 spiro atoms. The normalized spacial score (nSPS) is 20.5. The molecule has 1 aliphatic heterocycles. The van der Waals surface area contributed by atoms with E-state index in [4.69, 9.17) is 14.2 Å². The first-order valence-electron chi connectivity index (χ1n) is 14.0. The predicted octanol–water partition coefficient (Wildman–Crippen LogP) is 4.33. The van der Waals surface area contributed by atoms with Gasteiger partial charge in [-0.2, -0.15) is 4.68 Å². The number of nitrogens with one attached hydrogen (secondary N) is 1. The molecule has 1 amide bonds. The Balaban J connectivity index is 1.38. The van der Waals surface area contributed by atoms with Gasteiger partial charge in [-0.1, -0.05) is 55.1 Å². The number of rotatable bonds is 10. The molecule has 3 aromatic carbocycles. The largest absolute Gasteiger partial charge is 0.508 e. The number of hydrogen-bond donors (Lipinski definition) is 3. The number of benzene rings is 3. The lowest BCUT2D eigenvalue weighted by atomic mass is 9.91. The van der Waals surface area contributed by atoms with Crippen molar-refractivity contribution in [1.82, 2.24) is 20.2 Å². The molecule has 12 nitrogen and oxygen atoms in total. The van der Waals surface area contributed by atoms with E-state index in [2.05, 4.69) is 27.8 Å². The van der Waals surface area contributed by atoms with E-state index in [0.29, 0.717) is 27.8 Å². The Hall–Kier alpha value is -4.30. The highest BCUT2D eigenvalue weighted by atomic mass is 32.2. The number of aromatic hydroxyl groups is 1. The minimum atomic E-state index is -0.954. The maximum Gasteiger partial charge on any atom is 0.303 e. The number of thioether (sulfide) groups is 1. The molecular formula is C31H33N5O7S. The Morgan fingerprint density at radius 3 is 2.52 bits per heavy atom. The fraction of sp³-hybridized carbons (Fsp3) is 0.323. The van der Waals surface area contributed by atoms with Crippen molar-refractivity contribution in [1.29, 1.82) is 0 Å². The molecule has 3 N–H and O–H groups in total. The van der Waals surface area contributed by atoms with Gasteiger partial charge in [0, 0.05) is 29.8 Å². The second-order valence-electron chi connectivity index (χ2n) is 10.4. The van der Waals surface area contributed by atoms with Crippen LogP contribution in [-0.2, 0) is 30.4 Å². The first-order valence-corrected chi connectivity index (χ1v) is 15.0. The Labute approximate surface area is 258 Å². The van der Waals surface area contributed by atoms with Crippen molar-refractivity contribution < 1.29 is 34.0 Å². The minimum absolute atomic E-state index is 0.0588. The van der Waals surface area contributed by atoms with E-state index in [-0.39, 0.29) is 30.5 Å². The van der Waals surface area contributed by atoms with Gasteiger partial charge in [0.05, 0.1) is 24.5 Å². The molecule has 5 rings (SSSR count). The van der Waals surface area contributed by atoms with Crippen LogP contribution in [0.5, 0.6) is 5.75 Å². The summed E-state index contributed by atoms with van der Waals surface area (Å²) >= 11 is 1.44. The Kier molecular flexibility index (Phi) is 9.90. The monoisotopic (exact) mass is 619 g/mol. The smallest absolute Gasteiger partial charge is 0.303 e. The van der Waals surface area contributed by atoms with Gasteiger partial charge in [-0.25, -0.2) is 0 Å². The van der Waals surface area contributed by atoms with Crippen molar-refractivity contribution in [3.63, 3.8) is 0 Å². The summed E-state index contributed by atoms with van der Waals surface area (Å²) in [5, 5.41) is 34.7. The Bertz CT molecular complexity index is 1580. The first kappa shape index (κ1) is 31.1. The molecule has 2 heterocycles. The fourth-order valence-corrected chi connectivity index (χ4v) is 5.85. The summed E-state index contributed by atoms with van der Waals surface area (Å²) in [6.45, 7) is 4.75. The highest BCUT2D eigenvalue weighted by Gasteiger charge is 2.38. The number of hydrogen-bond acceptors (Lipinski definition) is 11. The topological polar surface area (TPSA) is 158 Å². The van der Waals surface area contributed by atoms with Gasteiger partial charge in [0.15, 0.2) is 12.4 Å². The first-order chi connectivity index (χ1) is 21.2. The molecule has 0 radical (unpaired) electrons. The lowest BCUT2D eigenvalue weighted by Gasteiger charge is -2.41. The van der Waals surface area contributed by atoms with Crippen molar-refractivity contribution >= 4 is 29.3 Å². The molecule has 0 aliphatic carbocycles. The average molecular weight is 620 g/mol. The molecular weight excluding hydrogens is 586 g/mol. The molecule has 0 saturated carbocycles. The zero-order chi connectivity index (χ0) is 31.2. The van der Waals surface area contributed by atoms with E-state index in [1.165, 1.54) is 25.6 Å². The zero-order valence-corrected chi connectivity index (χ0v) is 25.2. The van der Waals surface area contributed by atoms with Gasteiger partial charge in [-0.3, -0.25) is 9.59 Å². The number of tetrazole rings is 1. The van der Waals surface area contributed by atoms with Crippen LogP contribution in [-0.4, -0.2) is 60.3 Å². The summed E-state index contributed by atoms with van der Waals surface area (Å²) in [5.41, 5.74) is 3.63. The SMILES string of the molecule is CC(=O)O[C@@H](C)C(=O)Nc1cccc([C@@H]2O[C@H](CSc3nnnn3-c3ccc(O)cc3)[C@H](C)[C@H](c3ccc(CO)cc3)O2)c1. The maximum absolute atomic E-state index is 12.6. The van der Waals surface area contributed by atoms with Gasteiger partial charge in [0.1, 0.15) is 5.75 Å². The Morgan fingerprint density at radius 1 is 1.07 bits per heavy atom. The predicted molar refractivity (Wildman–Crippen MR) is 161 cm³/mol. The molecule has 44 heavy (non-hydrogen) atoms. The van der Waals surface area contributed by atoms with E-state index in [1.807, 2.05) is 30.3 Å². The number of aliphatic hydroxyl groups is 1. The standard InChI is InChI=1S/C31H33N5O7S/c1-18-27(17-44-31-33-34-35-36(31)25-11-13-26(39)14-12-25)42-30(43-28(18)22-9-7-21(16-37)8-10-22)23-5-4-6-24(15-23)32-29(40)19(2)41-20(3)38/h4-15,18-19,27-28,30,37,39H,16-17H2,1-3H3,(H,32,40)/t18-,19-,27+,28+,30+/m0/s1. The summed E-state index contributed by atoms with van der Waals surface area (Å²) < 4.78 is 19.6. The molecule has 0 bridgehead atoms. The van der Waals surface area contributed by atoms with Crippen molar-refractivity contribution in [2.75, 3.05) is 11.1 Å². The summed E-state index contributed by atoms with van der Waals surface area (Å²) in [4.78, 5) is 23.8. The van der Waals surface area contributed by atoms with Crippen LogP contribution < -0.4 is 5.32 Å². The summed E-state index contributed by atoms with van der Waals surface area (Å²) in [7, 11) is 0. The van der Waals surface area contributed by atoms with Crippen LogP contribution in [0.25, 0.3) is 5.69 Å². The average Bonchev–Trinajstić information content (AvgIpc) is 3.49. The number of carbonyl (C=O) groups excluding carboxylic acids is 2. The van der Waals surface area contributed by atoms with Gasteiger partial charge in [0.2, 0.25) is 5.16 Å². The number of anilines is 1. The third kappa shape index (κ3) is 7.42. The molecule has 1 saturated heterocycles. The number of aliphatic hydroxyl groups excluding tert-OH is 1. The molecule has 1 aliphatic rings. The molecule has 4 aromatic rings. The van der Waals surface area contributed by atoms with Crippen LogP contribution in [0.15, 0.2) is 78.0 Å². The summed E-state index contributed by atoms with van der Waals surface area (Å²) in [6.07, 6.45) is -2.36. The third-order valence-electron chi connectivity index (χ3n) is 7.17. The van der Waals surface area contributed by atoms with Gasteiger partial charge >= 0.3 is 5.97 Å². The van der Waals surface area contributed by atoms with E-state index < -0.39 is 24.3 Å². The molecule has 5 atom stereocenters. The van der Waals surface area contributed by atoms with Crippen LogP contribution in [0.4, 0.5) is 5.69 Å². The van der Waals surface area contributed by atoms with Crippen LogP contribution in [0.1, 0.15) is 49.9 Å². The lowest BCUT2D eigenvalue weighted by molar-refractivity contribution is -0.268. The second-order valence-corrected chi connectivity index (χ2v) is 11.4. The number of amides is 1. The minimum Gasteiger partial charge on any atom is -0.508 e. The van der Waals surface area contributed by atoms with Crippen LogP contribution in [0.3, 0.4) is 0 Å². The van der Waals surface area contributed by atoms with Crippen LogP contribution in [0, 0.1) is 5.92 Å². The molecule has 1 aromatic heterocycles. The summed E-state index contributed by atoms with van der Waals surface area (Å²) in [6, 6.07) is 21.3. The van der Waals surface area contributed by atoms with Gasteiger partial charge < -0.3 is 29.7 Å². The van der Waals surface area contributed by atoms with Crippen LogP contribution >= 0.6 is 11.8 Å². The van der Waals surface area contributed by atoms with Gasteiger partial charge in [-0.05, 0) is 64.9 Å². The highest BCUT2D eigenvalue weighted by Crippen LogP contribution is 2.43. The molecule has 13 heteroatoms. The van der Waals surface area contributed by atoms with Crippen molar-refractivity contribution in [2.24, 2.45) is 5.92 Å². The van der Waals surface area contributed by atoms with Crippen LogP contribution in [0.2, 0.25) is 0 Å². The number of ether oxygens (including phenoxy) is 3. The van der Waals surface area contributed by atoms with E-state index >= 15 is 0 Å². The van der Waals surface area contributed by atoms with E-state index in [1.54, 1.807) is 47.1 Å². The van der Waals surface area contributed by atoms with E-state index in [0.717, 1.165) is 11.1 Å². The Morgan fingerprint density at radius 2 is 1.82 bits per heavy atom. The summed E-state index contributed by atoms with van der Waals surface area (Å²) in [5.74, 6) is -0.435. The fourth-order valence-electron chi connectivity index (χ4n) is 4.80. The van der Waals surface area contributed by atoms with Gasteiger partial charge in [0.25, 0.3) is 5.91 Å². The molecule has 230 valence electrons. The van der Waals surface area contributed by atoms with Crippen molar-refractivity contribution in [3.8, 4) is 11.4 Å². The zero-order valence-electron chi connectivity index (χ0n) is 24.4. The number of aromatic nitrogens is 4. The van der Waals surface area contributed by atoms with Crippen molar-refractivity contribution in [3.05, 3.63) is 89.5 Å². The number of phenolic OH excluding ortho intramolecular Hbond substituents is 1. The molecule has 1 fully saturated rings. The highest BCUT2D eigenvalue weighted by molar-refractivity contribution is 7.99. The number of esters is 1. The van der Waals surface area contributed by atoms with E-state index in [9.17, 15) is 19.8 Å². The van der Waals surface area contributed by atoms with Crippen molar-refractivity contribution in [2.45, 2.75) is 57.1 Å². The second kappa shape index (κ2) is 14.0. The van der Waals surface area contributed by atoms with Gasteiger partial charge in [-0.15, -0.1) is 5.10 Å². The maximum atomic E-state index is 12.6. The quantitative estimate of drug-likeness (QED) is 0.171. The number of nitrogens with zero attached hydrogens (tertiary/aromatic N) is 4. The number of carbonyl (C=O) groups is 2. The third-order valence-corrected chi connectivity index (χ3v) is 8.18.